The van der Waals surface area contributed by atoms with Crippen LogP contribution >= 0.6 is 22.6 Å². The maximum absolute atomic E-state index is 13.8. The van der Waals surface area contributed by atoms with Crippen molar-refractivity contribution in [2.75, 3.05) is 13.1 Å². The highest BCUT2D eigenvalue weighted by Gasteiger charge is 2.41. The summed E-state index contributed by atoms with van der Waals surface area (Å²) in [5.41, 5.74) is 0.626. The van der Waals surface area contributed by atoms with E-state index in [9.17, 15) is 8.78 Å². The Labute approximate surface area is 146 Å². The molecular formula is C15H17F2IN4O. The number of hydrogen-bond acceptors (Lipinski definition) is 4. The summed E-state index contributed by atoms with van der Waals surface area (Å²) in [4.78, 5) is 0. The number of halogens is 3. The Morgan fingerprint density at radius 1 is 1.35 bits per heavy atom. The average Bonchev–Trinajstić information content (AvgIpc) is 2.96. The molecule has 5 nitrogen and oxygen atoms in total. The van der Waals surface area contributed by atoms with Crippen molar-refractivity contribution in [2.45, 2.75) is 25.5 Å². The fourth-order valence-corrected chi connectivity index (χ4v) is 2.88. The van der Waals surface area contributed by atoms with Crippen LogP contribution in [0.15, 0.2) is 30.5 Å². The molecule has 23 heavy (non-hydrogen) atoms. The van der Waals surface area contributed by atoms with Crippen molar-refractivity contribution in [3.8, 4) is 5.75 Å². The van der Waals surface area contributed by atoms with Crippen LogP contribution in [0.3, 0.4) is 0 Å². The van der Waals surface area contributed by atoms with Gasteiger partial charge in [0.15, 0.2) is 0 Å². The maximum atomic E-state index is 13.8. The Hall–Kier alpha value is -1.29. The third-order valence-electron chi connectivity index (χ3n) is 3.82. The van der Waals surface area contributed by atoms with Gasteiger partial charge < -0.3 is 10.1 Å². The van der Waals surface area contributed by atoms with Gasteiger partial charge in [0.2, 0.25) is 0 Å². The molecule has 1 unspecified atom stereocenters. The minimum Gasteiger partial charge on any atom is -0.487 e. The van der Waals surface area contributed by atoms with E-state index in [4.69, 9.17) is 4.74 Å². The van der Waals surface area contributed by atoms with Crippen LogP contribution in [0, 0.1) is 9.49 Å². The van der Waals surface area contributed by atoms with Gasteiger partial charge >= 0.3 is 0 Å². The summed E-state index contributed by atoms with van der Waals surface area (Å²) in [5, 5.41) is 10.6. The van der Waals surface area contributed by atoms with Crippen molar-refractivity contribution in [3.05, 3.63) is 39.7 Å². The summed E-state index contributed by atoms with van der Waals surface area (Å²) in [6.45, 7) is 0.779. The lowest BCUT2D eigenvalue weighted by molar-refractivity contribution is -0.0799. The standard InChI is InChI=1S/C15H17F2IN4O/c16-15(17)10-19-6-5-11(15)7-22-8-13(20-21-22)9-23-14-3-1-12(18)2-4-14/h1-4,8,11,19H,5-7,9-10H2. The second-order valence-corrected chi connectivity index (χ2v) is 6.84. The van der Waals surface area contributed by atoms with E-state index in [0.29, 0.717) is 18.7 Å². The first-order valence-electron chi connectivity index (χ1n) is 7.39. The number of ether oxygens (including phenoxy) is 1. The van der Waals surface area contributed by atoms with E-state index in [0.717, 1.165) is 9.32 Å². The van der Waals surface area contributed by atoms with Crippen molar-refractivity contribution >= 4 is 22.6 Å². The zero-order valence-electron chi connectivity index (χ0n) is 12.4. The number of rotatable bonds is 5. The molecule has 124 valence electrons. The quantitative estimate of drug-likeness (QED) is 0.736. The SMILES string of the molecule is FC1(F)CNCCC1Cn1cc(COc2ccc(I)cc2)nn1. The van der Waals surface area contributed by atoms with Crippen LogP contribution in [-0.2, 0) is 13.2 Å². The molecule has 8 heteroatoms. The molecule has 2 heterocycles. The summed E-state index contributed by atoms with van der Waals surface area (Å²) in [6.07, 6.45) is 2.10. The van der Waals surface area contributed by atoms with Gasteiger partial charge in [-0.25, -0.2) is 8.78 Å². The number of piperidine rings is 1. The predicted octanol–water partition coefficient (Wildman–Crippen LogP) is 2.71. The molecule has 0 radical (unpaired) electrons. The molecule has 0 saturated carbocycles. The van der Waals surface area contributed by atoms with Gasteiger partial charge in [0.05, 0.1) is 19.3 Å². The first kappa shape index (κ1) is 16.6. The molecule has 0 aliphatic carbocycles. The first-order chi connectivity index (χ1) is 11.0. The van der Waals surface area contributed by atoms with Gasteiger partial charge in [-0.15, -0.1) is 5.10 Å². The van der Waals surface area contributed by atoms with Crippen molar-refractivity contribution in [1.82, 2.24) is 20.3 Å². The second-order valence-electron chi connectivity index (χ2n) is 5.60. The Balaban J connectivity index is 1.56. The van der Waals surface area contributed by atoms with Gasteiger partial charge in [0.1, 0.15) is 18.1 Å². The molecule has 3 rings (SSSR count). The highest BCUT2D eigenvalue weighted by Crippen LogP contribution is 2.30. The van der Waals surface area contributed by atoms with Crippen LogP contribution in [-0.4, -0.2) is 34.0 Å². The Morgan fingerprint density at radius 2 is 2.13 bits per heavy atom. The van der Waals surface area contributed by atoms with E-state index < -0.39 is 11.8 Å². The molecule has 0 spiro atoms. The van der Waals surface area contributed by atoms with Crippen molar-refractivity contribution < 1.29 is 13.5 Å². The third kappa shape index (κ3) is 4.37. The lowest BCUT2D eigenvalue weighted by Gasteiger charge is -2.31. The van der Waals surface area contributed by atoms with Crippen LogP contribution in [0.25, 0.3) is 0 Å². The summed E-state index contributed by atoms with van der Waals surface area (Å²) < 4.78 is 35.9. The third-order valence-corrected chi connectivity index (χ3v) is 4.54. The van der Waals surface area contributed by atoms with Gasteiger partial charge in [-0.05, 0) is 59.8 Å². The van der Waals surface area contributed by atoms with Crippen molar-refractivity contribution in [3.63, 3.8) is 0 Å². The highest BCUT2D eigenvalue weighted by atomic mass is 127. The van der Waals surface area contributed by atoms with Crippen LogP contribution in [0.5, 0.6) is 5.75 Å². The highest BCUT2D eigenvalue weighted by molar-refractivity contribution is 14.1. The first-order valence-corrected chi connectivity index (χ1v) is 8.47. The van der Waals surface area contributed by atoms with Crippen molar-refractivity contribution in [2.24, 2.45) is 5.92 Å². The fourth-order valence-electron chi connectivity index (χ4n) is 2.52. The van der Waals surface area contributed by atoms with Crippen LogP contribution in [0.1, 0.15) is 12.1 Å². The van der Waals surface area contributed by atoms with Crippen molar-refractivity contribution in [1.29, 1.82) is 0 Å². The summed E-state index contributed by atoms with van der Waals surface area (Å²) in [6, 6.07) is 7.65. The molecule has 1 aliphatic rings. The van der Waals surface area contributed by atoms with E-state index in [-0.39, 0.29) is 19.7 Å². The molecule has 2 aromatic rings. The summed E-state index contributed by atoms with van der Waals surface area (Å²) >= 11 is 2.22. The van der Waals surface area contributed by atoms with E-state index >= 15 is 0 Å². The Bertz CT molecular complexity index is 647. The predicted molar refractivity (Wildman–Crippen MR) is 89.4 cm³/mol. The molecule has 1 N–H and O–H groups in total. The number of aromatic nitrogens is 3. The minimum atomic E-state index is -2.71. The molecule has 1 fully saturated rings. The molecule has 0 bridgehead atoms. The smallest absolute Gasteiger partial charge is 0.264 e. The monoisotopic (exact) mass is 434 g/mol. The van der Waals surface area contributed by atoms with E-state index in [1.54, 1.807) is 6.20 Å². The van der Waals surface area contributed by atoms with Gasteiger partial charge in [-0.2, -0.15) is 0 Å². The largest absolute Gasteiger partial charge is 0.487 e. The molecule has 1 aromatic carbocycles. The topological polar surface area (TPSA) is 52.0 Å². The molecule has 1 aliphatic heterocycles. The average molecular weight is 434 g/mol. The summed E-state index contributed by atoms with van der Waals surface area (Å²) in [5.74, 6) is -2.68. The molecule has 1 atom stereocenters. The number of alkyl halides is 2. The Morgan fingerprint density at radius 3 is 2.87 bits per heavy atom. The molecular weight excluding hydrogens is 417 g/mol. The van der Waals surface area contributed by atoms with E-state index in [1.165, 1.54) is 4.68 Å². The fraction of sp³-hybridized carbons (Fsp3) is 0.467. The van der Waals surface area contributed by atoms with Crippen LogP contribution < -0.4 is 10.1 Å². The summed E-state index contributed by atoms with van der Waals surface area (Å²) in [7, 11) is 0. The number of hydrogen-bond donors (Lipinski definition) is 1. The van der Waals surface area contributed by atoms with Gasteiger partial charge in [-0.1, -0.05) is 5.21 Å². The van der Waals surface area contributed by atoms with Gasteiger partial charge in [0, 0.05) is 9.49 Å². The minimum absolute atomic E-state index is 0.172. The van der Waals surface area contributed by atoms with Gasteiger partial charge in [0.25, 0.3) is 5.92 Å². The molecule has 1 aromatic heterocycles. The van der Waals surface area contributed by atoms with E-state index in [2.05, 4.69) is 38.2 Å². The number of benzene rings is 1. The zero-order valence-corrected chi connectivity index (χ0v) is 14.5. The Kier molecular flexibility index (Phi) is 5.10. The lowest BCUT2D eigenvalue weighted by Crippen LogP contribution is -2.47. The van der Waals surface area contributed by atoms with E-state index in [1.807, 2.05) is 24.3 Å². The number of nitrogens with zero attached hydrogens (tertiary/aromatic N) is 3. The normalized spacial score (nSPS) is 20.4. The van der Waals surface area contributed by atoms with Gasteiger partial charge in [-0.3, -0.25) is 4.68 Å². The maximum Gasteiger partial charge on any atom is 0.264 e. The lowest BCUT2D eigenvalue weighted by atomic mass is 9.94. The zero-order chi connectivity index (χ0) is 16.3. The second kappa shape index (κ2) is 7.08. The van der Waals surface area contributed by atoms with Crippen LogP contribution in [0.2, 0.25) is 0 Å². The molecule has 1 saturated heterocycles. The molecule has 0 amide bonds. The van der Waals surface area contributed by atoms with Crippen LogP contribution in [0.4, 0.5) is 8.78 Å². The number of nitrogens with one attached hydrogen (secondary N) is 1.